The first-order valence-electron chi connectivity index (χ1n) is 12.1. The molecule has 0 spiro atoms. The van der Waals surface area contributed by atoms with Crippen molar-refractivity contribution in [1.82, 2.24) is 19.5 Å². The van der Waals surface area contributed by atoms with Crippen LogP contribution in [-0.2, 0) is 11.8 Å². The monoisotopic (exact) mass is 495 g/mol. The topological polar surface area (TPSA) is 91.6 Å². The molecule has 194 valence electrons. The predicted molar refractivity (Wildman–Crippen MR) is 140 cm³/mol. The van der Waals surface area contributed by atoms with Gasteiger partial charge in [0.25, 0.3) is 5.56 Å². The highest BCUT2D eigenvalue weighted by Gasteiger charge is 2.34. The van der Waals surface area contributed by atoms with Gasteiger partial charge in [-0.1, -0.05) is 14.9 Å². The molecule has 9 nitrogen and oxygen atoms in total. The molecule has 9 heteroatoms. The largest absolute Gasteiger partial charge is 0.488 e. The Morgan fingerprint density at radius 2 is 1.53 bits per heavy atom. The van der Waals surface area contributed by atoms with Crippen molar-refractivity contribution in [2.24, 2.45) is 7.05 Å². The first-order chi connectivity index (χ1) is 16.6. The summed E-state index contributed by atoms with van der Waals surface area (Å²) in [4.78, 5) is 27.5. The summed E-state index contributed by atoms with van der Waals surface area (Å²) in [6.07, 6.45) is 11.1. The Bertz CT molecular complexity index is 1210. The third kappa shape index (κ3) is 5.16. The van der Waals surface area contributed by atoms with Crippen molar-refractivity contribution in [2.45, 2.75) is 77.8 Å². The third-order valence-corrected chi connectivity index (χ3v) is 7.16. The number of benzene rings is 1. The lowest BCUT2D eigenvalue weighted by molar-refractivity contribution is 0.0304. The summed E-state index contributed by atoms with van der Waals surface area (Å²) in [5.41, 5.74) is 2.44. The van der Waals surface area contributed by atoms with Crippen molar-refractivity contribution in [2.75, 3.05) is 18.0 Å². The van der Waals surface area contributed by atoms with Gasteiger partial charge in [0, 0.05) is 44.3 Å². The van der Waals surface area contributed by atoms with Crippen LogP contribution in [0.3, 0.4) is 0 Å². The van der Waals surface area contributed by atoms with Crippen LogP contribution in [0.5, 0.6) is 11.8 Å². The Hall–Kier alpha value is -3.20. The maximum Gasteiger partial charge on any atom is 0.316 e. The predicted octanol–water partition coefficient (Wildman–Crippen LogP) is 4.13. The van der Waals surface area contributed by atoms with Crippen LogP contribution in [0.1, 0.15) is 53.4 Å². The molecule has 6 rings (SSSR count). The summed E-state index contributed by atoms with van der Waals surface area (Å²) in [5, 5.41) is 0. The zero-order valence-electron chi connectivity index (χ0n) is 19.3. The van der Waals surface area contributed by atoms with Gasteiger partial charge in [0.1, 0.15) is 17.4 Å². The smallest absolute Gasteiger partial charge is 0.316 e. The van der Waals surface area contributed by atoms with Crippen molar-refractivity contribution in [3.63, 3.8) is 0 Å². The molecule has 1 aromatic carbocycles. The molecule has 2 unspecified atom stereocenters. The number of rotatable bonds is 5. The lowest BCUT2D eigenvalue weighted by Gasteiger charge is -2.34. The zero-order valence-corrected chi connectivity index (χ0v) is 19.3. The summed E-state index contributed by atoms with van der Waals surface area (Å²) in [6.45, 7) is 1.74. The second-order valence-electron chi connectivity index (χ2n) is 9.50. The molecular weight excluding hydrogens is 458 g/mol. The highest BCUT2D eigenvalue weighted by atomic mass is 16.5. The lowest BCUT2D eigenvalue weighted by atomic mass is 9.95. The standard InChI is InChI=1S/C25H29N5O4.2CH4/c1-29-23(31)13-28-21-11-16(30-14-19-7-8-20(15-30)32-19)12-22(24(21)29)33-17-3-5-18(6-4-17)34-25-26-9-2-10-27-25;;/h2,9-13,17-20H,3-8,14-15H2,1H3;2*1H4. The summed E-state index contributed by atoms with van der Waals surface area (Å²) in [7, 11) is 1.78. The van der Waals surface area contributed by atoms with E-state index in [0.29, 0.717) is 6.01 Å². The van der Waals surface area contributed by atoms with Gasteiger partial charge in [-0.25, -0.2) is 15.0 Å². The van der Waals surface area contributed by atoms with E-state index in [1.165, 1.54) is 6.20 Å². The van der Waals surface area contributed by atoms with Crippen molar-refractivity contribution >= 4 is 16.7 Å². The van der Waals surface area contributed by atoms with E-state index in [4.69, 9.17) is 14.2 Å². The Morgan fingerprint density at radius 1 is 0.889 bits per heavy atom. The Balaban J connectivity index is 0.00000152. The van der Waals surface area contributed by atoms with E-state index >= 15 is 0 Å². The van der Waals surface area contributed by atoms with Crippen LogP contribution in [-0.4, -0.2) is 57.0 Å². The van der Waals surface area contributed by atoms with Gasteiger partial charge in [-0.2, -0.15) is 0 Å². The minimum atomic E-state index is -0.144. The van der Waals surface area contributed by atoms with E-state index in [9.17, 15) is 4.79 Å². The number of aromatic nitrogens is 4. The normalized spacial score (nSPS) is 25.1. The number of morpholine rings is 1. The second-order valence-corrected chi connectivity index (χ2v) is 9.50. The molecule has 2 saturated heterocycles. The van der Waals surface area contributed by atoms with E-state index in [0.717, 1.165) is 74.1 Å². The summed E-state index contributed by atoms with van der Waals surface area (Å²) in [6, 6.07) is 6.34. The number of ether oxygens (including phenoxy) is 3. The van der Waals surface area contributed by atoms with Crippen LogP contribution >= 0.6 is 0 Å². The van der Waals surface area contributed by atoms with Gasteiger partial charge >= 0.3 is 6.01 Å². The van der Waals surface area contributed by atoms with Gasteiger partial charge < -0.3 is 23.7 Å². The first kappa shape index (κ1) is 25.9. The van der Waals surface area contributed by atoms with Crippen molar-refractivity contribution < 1.29 is 14.2 Å². The zero-order chi connectivity index (χ0) is 23.1. The molecule has 1 saturated carbocycles. The summed E-state index contributed by atoms with van der Waals surface area (Å²) >= 11 is 0. The summed E-state index contributed by atoms with van der Waals surface area (Å²) < 4.78 is 20.1. The molecule has 0 amide bonds. The van der Waals surface area contributed by atoms with E-state index in [1.807, 2.05) is 0 Å². The molecule has 0 radical (unpaired) electrons. The summed E-state index contributed by atoms with van der Waals surface area (Å²) in [5.74, 6) is 0.717. The number of fused-ring (bicyclic) bond motifs is 3. The Kier molecular flexibility index (Phi) is 7.78. The fourth-order valence-electron chi connectivity index (χ4n) is 5.38. The highest BCUT2D eigenvalue weighted by Crippen LogP contribution is 2.36. The van der Waals surface area contributed by atoms with Gasteiger partial charge in [0.15, 0.2) is 0 Å². The fraction of sp³-hybridized carbons (Fsp3) is 0.556. The third-order valence-electron chi connectivity index (χ3n) is 7.16. The van der Waals surface area contributed by atoms with Gasteiger partial charge in [-0.3, -0.25) is 4.79 Å². The van der Waals surface area contributed by atoms with Crippen LogP contribution in [0.15, 0.2) is 41.6 Å². The van der Waals surface area contributed by atoms with Crippen LogP contribution in [0.2, 0.25) is 0 Å². The quantitative estimate of drug-likeness (QED) is 0.522. The molecule has 2 atom stereocenters. The van der Waals surface area contributed by atoms with Crippen molar-refractivity contribution in [3.8, 4) is 11.8 Å². The SMILES string of the molecule is C.C.Cn1c(=O)cnc2cc(N3CC4CCC(C3)O4)cc(OC3CCC(Oc4ncccn4)CC3)c21. The average molecular weight is 496 g/mol. The van der Waals surface area contributed by atoms with E-state index in [1.54, 1.807) is 30.1 Å². The average Bonchev–Trinajstić information content (AvgIpc) is 3.20. The number of hydrogen-bond donors (Lipinski definition) is 0. The van der Waals surface area contributed by atoms with E-state index in [-0.39, 0.29) is 44.8 Å². The lowest BCUT2D eigenvalue weighted by Crippen LogP contribution is -2.42. The molecule has 2 bridgehead atoms. The fourth-order valence-corrected chi connectivity index (χ4v) is 5.38. The minimum Gasteiger partial charge on any atom is -0.488 e. The molecule has 3 aliphatic rings. The van der Waals surface area contributed by atoms with Crippen LogP contribution in [0.4, 0.5) is 5.69 Å². The molecule has 1 aliphatic carbocycles. The second kappa shape index (κ2) is 10.8. The molecule has 3 fully saturated rings. The molecule has 3 aromatic rings. The molecule has 2 aliphatic heterocycles. The highest BCUT2D eigenvalue weighted by molar-refractivity contribution is 5.86. The first-order valence-corrected chi connectivity index (χ1v) is 12.1. The molecule has 4 heterocycles. The Morgan fingerprint density at radius 3 is 2.19 bits per heavy atom. The van der Waals surface area contributed by atoms with E-state index in [2.05, 4.69) is 32.0 Å². The van der Waals surface area contributed by atoms with E-state index < -0.39 is 0 Å². The molecule has 2 aromatic heterocycles. The maximum absolute atomic E-state index is 12.4. The maximum atomic E-state index is 12.4. The van der Waals surface area contributed by atoms with Crippen molar-refractivity contribution in [1.29, 1.82) is 0 Å². The van der Waals surface area contributed by atoms with Gasteiger partial charge in [0.05, 0.1) is 30.0 Å². The van der Waals surface area contributed by atoms with Gasteiger partial charge in [-0.15, -0.1) is 0 Å². The molecule has 36 heavy (non-hydrogen) atoms. The molecule has 0 N–H and O–H groups in total. The minimum absolute atomic E-state index is 0. The number of aryl methyl sites for hydroxylation is 1. The number of hydrogen-bond acceptors (Lipinski definition) is 8. The molecular formula is C27H37N5O4. The van der Waals surface area contributed by atoms with Crippen LogP contribution in [0, 0.1) is 0 Å². The van der Waals surface area contributed by atoms with Crippen LogP contribution in [0.25, 0.3) is 11.0 Å². The number of nitrogens with zero attached hydrogens (tertiary/aromatic N) is 5. The van der Waals surface area contributed by atoms with Crippen molar-refractivity contribution in [3.05, 3.63) is 47.1 Å². The van der Waals surface area contributed by atoms with Gasteiger partial charge in [0.2, 0.25) is 0 Å². The number of anilines is 1. The van der Waals surface area contributed by atoms with Crippen LogP contribution < -0.4 is 19.9 Å². The Labute approximate surface area is 212 Å². The van der Waals surface area contributed by atoms with Gasteiger partial charge in [-0.05, 0) is 50.7 Å².